The molecule has 2 aromatic rings. The van der Waals surface area contributed by atoms with E-state index in [1.165, 1.54) is 4.31 Å². The van der Waals surface area contributed by atoms with Gasteiger partial charge in [0.15, 0.2) is 18.1 Å². The third-order valence-electron chi connectivity index (χ3n) is 5.80. The molecule has 0 unspecified atom stereocenters. The lowest BCUT2D eigenvalue weighted by Gasteiger charge is -2.27. The topological polar surface area (TPSA) is 97.4 Å². The van der Waals surface area contributed by atoms with E-state index in [1.807, 2.05) is 13.0 Å². The number of carbonyl (C=O) groups is 1. The minimum atomic E-state index is -3.69. The molecule has 2 saturated heterocycles. The summed E-state index contributed by atoms with van der Waals surface area (Å²) in [6.45, 7) is 5.20. The maximum atomic E-state index is 13.2. The maximum Gasteiger partial charge on any atom is 0.262 e. The van der Waals surface area contributed by atoms with Gasteiger partial charge >= 0.3 is 0 Å². The van der Waals surface area contributed by atoms with Crippen LogP contribution in [0.5, 0.6) is 11.5 Å². The number of sulfonamides is 1. The lowest BCUT2D eigenvalue weighted by Crippen LogP contribution is -2.40. The summed E-state index contributed by atoms with van der Waals surface area (Å²) in [5, 5.41) is 2.87. The molecule has 10 heteroatoms. The molecule has 2 aliphatic rings. The van der Waals surface area contributed by atoms with Crippen LogP contribution in [0.4, 0.5) is 11.4 Å². The van der Waals surface area contributed by atoms with Crippen molar-refractivity contribution in [1.29, 1.82) is 0 Å². The van der Waals surface area contributed by atoms with Crippen LogP contribution in [-0.2, 0) is 19.6 Å². The third kappa shape index (κ3) is 5.63. The molecular weight excluding hydrogens is 458 g/mol. The number of anilines is 2. The Balaban J connectivity index is 1.54. The highest BCUT2D eigenvalue weighted by Gasteiger charge is 2.28. The smallest absolute Gasteiger partial charge is 0.262 e. The Hall–Kier alpha value is -2.82. The van der Waals surface area contributed by atoms with Gasteiger partial charge in [-0.3, -0.25) is 4.79 Å². The molecule has 4 rings (SSSR count). The molecule has 0 aliphatic carbocycles. The van der Waals surface area contributed by atoms with E-state index in [9.17, 15) is 13.2 Å². The summed E-state index contributed by atoms with van der Waals surface area (Å²) >= 11 is 0. The Bertz CT molecular complexity index is 1100. The Morgan fingerprint density at radius 2 is 1.68 bits per heavy atom. The number of ether oxygens (including phenoxy) is 3. The average molecular weight is 490 g/mol. The van der Waals surface area contributed by atoms with Crippen molar-refractivity contribution in [2.24, 2.45) is 0 Å². The molecule has 2 fully saturated rings. The molecule has 0 bridgehead atoms. The lowest BCUT2D eigenvalue weighted by molar-refractivity contribution is -0.118. The third-order valence-corrected chi connectivity index (χ3v) is 7.70. The van der Waals surface area contributed by atoms with E-state index in [4.69, 9.17) is 14.2 Å². The number of rotatable bonds is 9. The van der Waals surface area contributed by atoms with Crippen molar-refractivity contribution in [3.8, 4) is 11.5 Å². The van der Waals surface area contributed by atoms with Crippen molar-refractivity contribution in [2.75, 3.05) is 62.8 Å². The summed E-state index contributed by atoms with van der Waals surface area (Å²) in [5.41, 5.74) is 1.27. The standard InChI is InChI=1S/C24H31N3O6S/c1-2-32-22-7-3-4-8-23(22)33-18-24(28)25-20-17-19(9-10-21(20)26-11-5-6-12-26)34(29,30)27-13-15-31-16-14-27/h3-4,7-10,17H,2,5-6,11-16,18H2,1H3,(H,25,28). The van der Waals surface area contributed by atoms with Crippen LogP contribution < -0.4 is 19.7 Å². The van der Waals surface area contributed by atoms with Crippen LogP contribution in [-0.4, -0.2) is 71.2 Å². The van der Waals surface area contributed by atoms with Gasteiger partial charge in [-0.25, -0.2) is 8.42 Å². The molecule has 0 saturated carbocycles. The van der Waals surface area contributed by atoms with Crippen LogP contribution in [0.3, 0.4) is 0 Å². The molecule has 2 aromatic carbocycles. The van der Waals surface area contributed by atoms with Gasteiger partial charge in [-0.2, -0.15) is 4.31 Å². The second kappa shape index (κ2) is 11.1. The second-order valence-electron chi connectivity index (χ2n) is 8.11. The van der Waals surface area contributed by atoms with Crippen molar-refractivity contribution in [3.63, 3.8) is 0 Å². The molecule has 34 heavy (non-hydrogen) atoms. The van der Waals surface area contributed by atoms with Crippen molar-refractivity contribution in [2.45, 2.75) is 24.7 Å². The Morgan fingerprint density at radius 3 is 2.35 bits per heavy atom. The van der Waals surface area contributed by atoms with E-state index in [0.717, 1.165) is 31.6 Å². The molecule has 0 spiro atoms. The number of amides is 1. The summed E-state index contributed by atoms with van der Waals surface area (Å²) in [6.07, 6.45) is 2.11. The molecule has 1 amide bonds. The summed E-state index contributed by atoms with van der Waals surface area (Å²) in [6, 6.07) is 12.1. The first kappa shape index (κ1) is 24.3. The van der Waals surface area contributed by atoms with E-state index in [2.05, 4.69) is 10.2 Å². The summed E-state index contributed by atoms with van der Waals surface area (Å²) in [5.74, 6) is 0.657. The summed E-state index contributed by atoms with van der Waals surface area (Å²) in [7, 11) is -3.69. The highest BCUT2D eigenvalue weighted by molar-refractivity contribution is 7.89. The fourth-order valence-electron chi connectivity index (χ4n) is 4.12. The molecule has 0 atom stereocenters. The number of carbonyl (C=O) groups excluding carboxylic acids is 1. The van der Waals surface area contributed by atoms with E-state index in [1.54, 1.807) is 36.4 Å². The van der Waals surface area contributed by atoms with Crippen LogP contribution in [0, 0.1) is 0 Å². The van der Waals surface area contributed by atoms with Crippen molar-refractivity contribution in [3.05, 3.63) is 42.5 Å². The molecular formula is C24H31N3O6S. The zero-order valence-electron chi connectivity index (χ0n) is 19.4. The number of nitrogens with one attached hydrogen (secondary N) is 1. The first-order valence-corrected chi connectivity index (χ1v) is 13.0. The summed E-state index contributed by atoms with van der Waals surface area (Å²) in [4.78, 5) is 15.1. The Labute approximate surface area is 200 Å². The minimum Gasteiger partial charge on any atom is -0.490 e. The predicted octanol–water partition coefficient (Wildman–Crippen LogP) is 2.72. The SMILES string of the molecule is CCOc1ccccc1OCC(=O)Nc1cc(S(=O)(=O)N2CCOCC2)ccc1N1CCCC1. The first-order valence-electron chi connectivity index (χ1n) is 11.6. The number of hydrogen-bond acceptors (Lipinski definition) is 7. The van der Waals surface area contributed by atoms with Gasteiger partial charge in [-0.1, -0.05) is 12.1 Å². The van der Waals surface area contributed by atoms with E-state index < -0.39 is 10.0 Å². The zero-order chi connectivity index (χ0) is 24.0. The lowest BCUT2D eigenvalue weighted by atomic mass is 10.2. The molecule has 9 nitrogen and oxygen atoms in total. The molecule has 0 radical (unpaired) electrons. The zero-order valence-corrected chi connectivity index (χ0v) is 20.2. The van der Waals surface area contributed by atoms with Gasteiger partial charge in [0.1, 0.15) is 0 Å². The number of nitrogens with zero attached hydrogens (tertiary/aromatic N) is 2. The van der Waals surface area contributed by atoms with Crippen LogP contribution in [0.1, 0.15) is 19.8 Å². The maximum absolute atomic E-state index is 13.2. The molecule has 0 aromatic heterocycles. The first-order chi connectivity index (χ1) is 16.5. The van der Waals surface area contributed by atoms with Gasteiger partial charge in [-0.05, 0) is 50.1 Å². The van der Waals surface area contributed by atoms with Gasteiger partial charge in [0.2, 0.25) is 10.0 Å². The monoisotopic (exact) mass is 489 g/mol. The molecule has 2 heterocycles. The van der Waals surface area contributed by atoms with Gasteiger partial charge < -0.3 is 24.4 Å². The quantitative estimate of drug-likeness (QED) is 0.578. The van der Waals surface area contributed by atoms with Gasteiger partial charge in [0.05, 0.1) is 36.1 Å². The van der Waals surface area contributed by atoms with Gasteiger partial charge in [0.25, 0.3) is 5.91 Å². The van der Waals surface area contributed by atoms with Crippen LogP contribution in [0.2, 0.25) is 0 Å². The minimum absolute atomic E-state index is 0.148. The van der Waals surface area contributed by atoms with Gasteiger partial charge in [-0.15, -0.1) is 0 Å². The fourth-order valence-corrected chi connectivity index (χ4v) is 5.55. The normalized spacial score (nSPS) is 16.9. The number of hydrogen-bond donors (Lipinski definition) is 1. The Morgan fingerprint density at radius 1 is 1.00 bits per heavy atom. The second-order valence-corrected chi connectivity index (χ2v) is 10.0. The average Bonchev–Trinajstić information content (AvgIpc) is 3.39. The van der Waals surface area contributed by atoms with E-state index >= 15 is 0 Å². The highest BCUT2D eigenvalue weighted by Crippen LogP contribution is 2.33. The summed E-state index contributed by atoms with van der Waals surface area (Å²) < 4.78 is 44.3. The largest absolute Gasteiger partial charge is 0.490 e. The highest BCUT2D eigenvalue weighted by atomic mass is 32.2. The van der Waals surface area contributed by atoms with Gasteiger partial charge in [0, 0.05) is 26.2 Å². The number of benzene rings is 2. The predicted molar refractivity (Wildman–Crippen MR) is 129 cm³/mol. The van der Waals surface area contributed by atoms with Crippen molar-refractivity contribution < 1.29 is 27.4 Å². The van der Waals surface area contributed by atoms with Crippen molar-refractivity contribution >= 4 is 27.3 Å². The van der Waals surface area contributed by atoms with E-state index in [-0.39, 0.29) is 17.4 Å². The molecule has 184 valence electrons. The van der Waals surface area contributed by atoms with Crippen LogP contribution in [0.15, 0.2) is 47.4 Å². The number of para-hydroxylation sites is 2. The fraction of sp³-hybridized carbons (Fsp3) is 0.458. The molecule has 1 N–H and O–H groups in total. The number of morpholine rings is 1. The van der Waals surface area contributed by atoms with E-state index in [0.29, 0.717) is 50.1 Å². The van der Waals surface area contributed by atoms with Crippen LogP contribution in [0.25, 0.3) is 0 Å². The Kier molecular flexibility index (Phi) is 7.91. The molecule has 2 aliphatic heterocycles. The van der Waals surface area contributed by atoms with Crippen LogP contribution >= 0.6 is 0 Å². The van der Waals surface area contributed by atoms with Crippen molar-refractivity contribution in [1.82, 2.24) is 4.31 Å².